The Morgan fingerprint density at radius 1 is 0.897 bits per heavy atom. The van der Waals surface area contributed by atoms with E-state index in [9.17, 15) is 33.6 Å². The molecule has 0 spiro atoms. The second-order valence-corrected chi connectivity index (χ2v) is 18.0. The van der Waals surface area contributed by atoms with E-state index in [4.69, 9.17) is 4.74 Å². The number of rotatable bonds is 11. The van der Waals surface area contributed by atoms with Crippen LogP contribution in [0, 0.1) is 5.82 Å². The van der Waals surface area contributed by atoms with Crippen molar-refractivity contribution in [1.29, 1.82) is 0 Å². The number of hydrogen-bond acceptors (Lipinski definition) is 13. The van der Waals surface area contributed by atoms with Gasteiger partial charge in [0.1, 0.15) is 23.3 Å². The number of fused-ring (bicyclic) bond motifs is 2. The zero-order valence-electron chi connectivity index (χ0n) is 37.7. The number of benzene rings is 2. The Balaban J connectivity index is 0.769. The maximum Gasteiger partial charge on any atom is 0.342 e. The third kappa shape index (κ3) is 8.70. The van der Waals surface area contributed by atoms with Crippen LogP contribution in [0.4, 0.5) is 42.0 Å². The molecule has 0 radical (unpaired) electrons. The molecule has 3 N–H and O–H groups in total. The first-order valence-corrected chi connectivity index (χ1v) is 23.0. The summed E-state index contributed by atoms with van der Waals surface area (Å²) >= 11 is 0. The molecule has 2 atom stereocenters. The Bertz CT molecular complexity index is 2570. The highest BCUT2D eigenvalue weighted by atomic mass is 19.3. The van der Waals surface area contributed by atoms with Gasteiger partial charge in [0.05, 0.1) is 47.9 Å². The first-order chi connectivity index (χ1) is 32.6. The average molecular weight is 944 g/mol. The van der Waals surface area contributed by atoms with Gasteiger partial charge in [-0.3, -0.25) is 38.5 Å². The highest BCUT2D eigenvalue weighted by molar-refractivity contribution is 6.25. The summed E-state index contributed by atoms with van der Waals surface area (Å²) in [5.74, 6) is -8.38. The summed E-state index contributed by atoms with van der Waals surface area (Å²) in [5.41, 5.74) is 0.909. The van der Waals surface area contributed by atoms with Crippen molar-refractivity contribution in [2.75, 3.05) is 86.5 Å². The number of aromatic nitrogens is 2. The number of amides is 7. The Morgan fingerprint density at radius 3 is 2.35 bits per heavy atom. The number of carbonyl (C=O) groups excluding carboxylic acids is 7. The van der Waals surface area contributed by atoms with E-state index >= 15 is 13.2 Å². The lowest BCUT2D eigenvalue weighted by Crippen LogP contribution is -2.52. The SMILES string of the molecule is COc1cc(C(=O)N[C@H]2CCN(C(=O)CCC(=O)N3CCN(c4cccc5c4C(=O)N(C4CCCNC4=O)C5=O)CC3)C2)c(F)cc1Nc1ncc2c(n1)N(C1CCCC1)CC(F)(F)C(=O)N2C. The molecule has 5 aliphatic heterocycles. The summed E-state index contributed by atoms with van der Waals surface area (Å²) in [6.07, 6.45) is 5.63. The molecule has 1 aromatic heterocycles. The van der Waals surface area contributed by atoms with E-state index in [1.54, 1.807) is 28.0 Å². The number of methoxy groups -OCH3 is 1. The number of piperazine rings is 1. The Labute approximate surface area is 389 Å². The van der Waals surface area contributed by atoms with Crippen LogP contribution in [-0.2, 0) is 19.2 Å². The van der Waals surface area contributed by atoms with E-state index < -0.39 is 54.0 Å². The van der Waals surface area contributed by atoms with Crippen molar-refractivity contribution in [2.24, 2.45) is 0 Å². The van der Waals surface area contributed by atoms with Crippen molar-refractivity contribution < 1.29 is 51.5 Å². The number of ether oxygens (including phenoxy) is 1. The van der Waals surface area contributed by atoms with E-state index in [1.807, 2.05) is 4.90 Å². The number of nitrogens with zero attached hydrogens (tertiary/aromatic N) is 8. The summed E-state index contributed by atoms with van der Waals surface area (Å²) < 4.78 is 51.3. The molecule has 1 unspecified atom stereocenters. The predicted octanol–water partition coefficient (Wildman–Crippen LogP) is 3.06. The van der Waals surface area contributed by atoms with E-state index in [0.717, 1.165) is 28.7 Å². The van der Waals surface area contributed by atoms with Crippen molar-refractivity contribution in [3.63, 3.8) is 0 Å². The number of carbonyl (C=O) groups is 7. The third-order valence-electron chi connectivity index (χ3n) is 13.8. The fourth-order valence-electron chi connectivity index (χ4n) is 10.1. The first-order valence-electron chi connectivity index (χ1n) is 23.0. The van der Waals surface area contributed by atoms with Crippen molar-refractivity contribution in [3.05, 3.63) is 59.0 Å². The van der Waals surface area contributed by atoms with Gasteiger partial charge in [0, 0.05) is 83.9 Å². The van der Waals surface area contributed by atoms with Gasteiger partial charge in [-0.15, -0.1) is 0 Å². The van der Waals surface area contributed by atoms with Crippen molar-refractivity contribution >= 4 is 70.2 Å². The van der Waals surface area contributed by atoms with Crippen LogP contribution in [0.15, 0.2) is 36.5 Å². The van der Waals surface area contributed by atoms with Gasteiger partial charge in [-0.05, 0) is 50.3 Å². The van der Waals surface area contributed by atoms with Crippen molar-refractivity contribution in [1.82, 2.24) is 35.3 Å². The second-order valence-electron chi connectivity index (χ2n) is 18.0. The number of hydrogen-bond donors (Lipinski definition) is 3. The van der Waals surface area contributed by atoms with Gasteiger partial charge in [0.15, 0.2) is 5.82 Å². The number of nitrogens with one attached hydrogen (secondary N) is 3. The Kier molecular flexibility index (Phi) is 12.6. The molecule has 3 saturated heterocycles. The molecular weight excluding hydrogens is 892 g/mol. The van der Waals surface area contributed by atoms with Crippen LogP contribution in [0.3, 0.4) is 0 Å². The van der Waals surface area contributed by atoms with E-state index in [1.165, 1.54) is 31.3 Å². The van der Waals surface area contributed by atoms with Gasteiger partial charge < -0.3 is 45.2 Å². The van der Waals surface area contributed by atoms with Gasteiger partial charge >= 0.3 is 5.92 Å². The fraction of sp³-hybridized carbons (Fsp3) is 0.500. The first kappa shape index (κ1) is 46.1. The molecule has 19 nitrogen and oxygen atoms in total. The third-order valence-corrected chi connectivity index (χ3v) is 13.8. The molecular formula is C46H52F3N11O8. The molecule has 360 valence electrons. The molecule has 22 heteroatoms. The minimum atomic E-state index is -3.66. The smallest absolute Gasteiger partial charge is 0.342 e. The van der Waals surface area contributed by atoms with Gasteiger partial charge in [0.2, 0.25) is 23.7 Å². The van der Waals surface area contributed by atoms with Crippen LogP contribution >= 0.6 is 0 Å². The minimum Gasteiger partial charge on any atom is -0.495 e. The summed E-state index contributed by atoms with van der Waals surface area (Å²) in [6.45, 7) is 1.55. The molecule has 3 aromatic rings. The molecule has 7 amide bonds. The van der Waals surface area contributed by atoms with E-state index in [0.29, 0.717) is 77.1 Å². The standard InChI is InChI=1S/C46H52F3N11O8/c1-55-34-23-51-45(54-39(34)59(27-7-3-4-8-27)25-46(48,49)44(55)67)53-31-22-30(47)29(21-35(31)68-2)40(63)52-26-14-16-58(24-26)37(62)13-12-36(61)57-19-17-56(18-20-57)32-10-5-9-28-38(32)43(66)60(42(28)65)33-11-6-15-50-41(33)64/h5,9-10,21-23,26-27,33H,3-4,6-8,11-20,24-25H2,1-2H3,(H,50,64)(H,52,63)(H,51,53,54)/t26-,33?/m0/s1. The number of alkyl halides is 2. The van der Waals surface area contributed by atoms with Crippen LogP contribution in [0.25, 0.3) is 0 Å². The quantitative estimate of drug-likeness (QED) is 0.237. The highest BCUT2D eigenvalue weighted by Crippen LogP contribution is 2.41. The van der Waals surface area contributed by atoms with Gasteiger partial charge in [-0.1, -0.05) is 18.9 Å². The highest BCUT2D eigenvalue weighted by Gasteiger charge is 2.49. The maximum absolute atomic E-state index is 15.7. The van der Waals surface area contributed by atoms with Crippen molar-refractivity contribution in [3.8, 4) is 5.75 Å². The lowest BCUT2D eigenvalue weighted by atomic mass is 10.0. The molecule has 4 fully saturated rings. The number of piperidine rings is 1. The molecule has 1 saturated carbocycles. The van der Waals surface area contributed by atoms with Gasteiger partial charge in [-0.2, -0.15) is 13.8 Å². The van der Waals surface area contributed by atoms with Crippen LogP contribution < -0.4 is 35.4 Å². The summed E-state index contributed by atoms with van der Waals surface area (Å²) in [7, 11) is 2.57. The summed E-state index contributed by atoms with van der Waals surface area (Å²) in [4.78, 5) is 109. The molecule has 0 bridgehead atoms. The normalized spacial score (nSPS) is 21.7. The molecule has 1 aliphatic carbocycles. The van der Waals surface area contributed by atoms with Gasteiger partial charge in [-0.25, -0.2) is 9.37 Å². The summed E-state index contributed by atoms with van der Waals surface area (Å²) in [5, 5.41) is 8.40. The topological polar surface area (TPSA) is 210 Å². The molecule has 68 heavy (non-hydrogen) atoms. The largest absolute Gasteiger partial charge is 0.495 e. The number of halogens is 3. The summed E-state index contributed by atoms with van der Waals surface area (Å²) in [6, 6.07) is 5.67. The van der Waals surface area contributed by atoms with Crippen LogP contribution in [-0.4, -0.2) is 157 Å². The van der Waals surface area contributed by atoms with Crippen LogP contribution in [0.2, 0.25) is 0 Å². The molecule has 9 rings (SSSR count). The van der Waals surface area contributed by atoms with E-state index in [-0.39, 0.29) is 88.7 Å². The average Bonchev–Trinajstić information content (AvgIpc) is 4.09. The lowest BCUT2D eigenvalue weighted by Gasteiger charge is -2.37. The minimum absolute atomic E-state index is 0.0359. The van der Waals surface area contributed by atoms with Crippen molar-refractivity contribution in [2.45, 2.75) is 81.8 Å². The Hall–Kier alpha value is -7.00. The molecule has 2 aromatic carbocycles. The van der Waals surface area contributed by atoms with Gasteiger partial charge in [0.25, 0.3) is 23.6 Å². The molecule has 6 heterocycles. The molecule has 6 aliphatic rings. The zero-order valence-corrected chi connectivity index (χ0v) is 37.7. The maximum atomic E-state index is 15.7. The second kappa shape index (κ2) is 18.6. The zero-order chi connectivity index (χ0) is 48.0. The lowest BCUT2D eigenvalue weighted by molar-refractivity contribution is -0.140. The van der Waals surface area contributed by atoms with Crippen LogP contribution in [0.5, 0.6) is 5.75 Å². The monoisotopic (exact) mass is 943 g/mol. The number of imide groups is 1. The number of likely N-dealkylation sites (tertiary alicyclic amines) is 1. The Morgan fingerprint density at radius 2 is 1.63 bits per heavy atom. The fourth-order valence-corrected chi connectivity index (χ4v) is 10.1. The van der Waals surface area contributed by atoms with E-state index in [2.05, 4.69) is 25.9 Å². The number of anilines is 5. The predicted molar refractivity (Wildman–Crippen MR) is 240 cm³/mol. The van der Waals surface area contributed by atoms with Crippen LogP contribution in [0.1, 0.15) is 88.9 Å².